The van der Waals surface area contributed by atoms with Crippen molar-refractivity contribution in [3.63, 3.8) is 0 Å². The maximum Gasteiger partial charge on any atom is 0.225 e. The summed E-state index contributed by atoms with van der Waals surface area (Å²) in [5.74, 6) is 0.548. The third-order valence-electron chi connectivity index (χ3n) is 3.60. The van der Waals surface area contributed by atoms with E-state index in [4.69, 9.17) is 17.3 Å². The van der Waals surface area contributed by atoms with Gasteiger partial charge in [0.25, 0.3) is 0 Å². The minimum absolute atomic E-state index is 0.152. The summed E-state index contributed by atoms with van der Waals surface area (Å²) in [4.78, 5) is 12.6. The molecule has 126 valence electrons. The van der Waals surface area contributed by atoms with Crippen LogP contribution >= 0.6 is 11.6 Å². The van der Waals surface area contributed by atoms with E-state index in [2.05, 4.69) is 26.3 Å². The first-order valence-corrected chi connectivity index (χ1v) is 8.08. The van der Waals surface area contributed by atoms with Crippen molar-refractivity contribution in [3.8, 4) is 17.3 Å². The molecule has 0 amide bonds. The topological polar surface area (TPSA) is 105 Å². The molecule has 0 aliphatic rings. The molecule has 2 aromatic heterocycles. The summed E-state index contributed by atoms with van der Waals surface area (Å²) in [5.41, 5.74) is 7.44. The van der Waals surface area contributed by atoms with Crippen molar-refractivity contribution in [2.24, 2.45) is 0 Å². The Morgan fingerprint density at radius 3 is 2.72 bits per heavy atom. The van der Waals surface area contributed by atoms with E-state index in [9.17, 15) is 5.26 Å². The number of nitrogens with zero attached hydrogens (tertiary/aromatic N) is 5. The highest BCUT2D eigenvalue weighted by Gasteiger charge is 2.14. The van der Waals surface area contributed by atoms with Crippen LogP contribution in [0, 0.1) is 11.3 Å². The summed E-state index contributed by atoms with van der Waals surface area (Å²) in [6.45, 7) is 1.51. The molecule has 3 aromatic rings. The van der Waals surface area contributed by atoms with Crippen LogP contribution in [0.4, 0.5) is 11.8 Å². The number of hydrogen-bond donors (Lipinski definition) is 2. The van der Waals surface area contributed by atoms with E-state index >= 15 is 0 Å². The standard InChI is InChI=1S/C17H16ClN7/c18-13-4-2-12(3-5-13)15-14(10-19)16(20)24-17(23-15)22-6-1-8-25-9-7-21-11-25/h2-5,7,9,11H,1,6,8H2,(H3,20,22,23,24). The summed E-state index contributed by atoms with van der Waals surface area (Å²) >= 11 is 5.92. The molecule has 0 aliphatic heterocycles. The molecular weight excluding hydrogens is 338 g/mol. The van der Waals surface area contributed by atoms with Crippen LogP contribution in [-0.2, 0) is 6.54 Å². The number of rotatable bonds is 6. The van der Waals surface area contributed by atoms with Gasteiger partial charge < -0.3 is 15.6 Å². The molecule has 1 aromatic carbocycles. The second-order valence-corrected chi connectivity index (χ2v) is 5.79. The van der Waals surface area contributed by atoms with Crippen LogP contribution in [0.25, 0.3) is 11.3 Å². The van der Waals surface area contributed by atoms with Crippen LogP contribution in [0.15, 0.2) is 43.0 Å². The summed E-state index contributed by atoms with van der Waals surface area (Å²) < 4.78 is 1.99. The smallest absolute Gasteiger partial charge is 0.225 e. The maximum absolute atomic E-state index is 9.36. The van der Waals surface area contributed by atoms with Gasteiger partial charge in [0.2, 0.25) is 5.95 Å². The maximum atomic E-state index is 9.36. The highest BCUT2D eigenvalue weighted by atomic mass is 35.5. The zero-order valence-corrected chi connectivity index (χ0v) is 14.1. The van der Waals surface area contributed by atoms with Gasteiger partial charge in [-0.3, -0.25) is 0 Å². The fraction of sp³-hybridized carbons (Fsp3) is 0.176. The van der Waals surface area contributed by atoms with Crippen molar-refractivity contribution in [1.82, 2.24) is 19.5 Å². The van der Waals surface area contributed by atoms with Crippen molar-refractivity contribution in [3.05, 3.63) is 53.6 Å². The van der Waals surface area contributed by atoms with Gasteiger partial charge >= 0.3 is 0 Å². The number of benzene rings is 1. The van der Waals surface area contributed by atoms with Gasteiger partial charge in [-0.25, -0.2) is 9.97 Å². The summed E-state index contributed by atoms with van der Waals surface area (Å²) in [6, 6.07) is 9.16. The number of imidazole rings is 1. The Kier molecular flexibility index (Phi) is 5.11. The number of hydrogen-bond acceptors (Lipinski definition) is 6. The van der Waals surface area contributed by atoms with E-state index in [1.54, 1.807) is 36.8 Å². The molecule has 7 nitrogen and oxygen atoms in total. The van der Waals surface area contributed by atoms with Crippen LogP contribution in [0.1, 0.15) is 12.0 Å². The Morgan fingerprint density at radius 2 is 2.04 bits per heavy atom. The lowest BCUT2D eigenvalue weighted by Gasteiger charge is -2.10. The fourth-order valence-electron chi connectivity index (χ4n) is 2.36. The zero-order chi connectivity index (χ0) is 17.6. The van der Waals surface area contributed by atoms with Gasteiger partial charge in [0, 0.05) is 36.1 Å². The second kappa shape index (κ2) is 7.64. The number of nitriles is 1. The first-order valence-electron chi connectivity index (χ1n) is 7.70. The minimum Gasteiger partial charge on any atom is -0.382 e. The molecule has 25 heavy (non-hydrogen) atoms. The first kappa shape index (κ1) is 16.7. The Balaban J connectivity index is 1.76. The number of anilines is 2. The van der Waals surface area contributed by atoms with E-state index in [0.29, 0.717) is 23.2 Å². The number of nitrogens with one attached hydrogen (secondary N) is 1. The lowest BCUT2D eigenvalue weighted by Crippen LogP contribution is -2.11. The van der Waals surface area contributed by atoms with Crippen LogP contribution in [0.3, 0.4) is 0 Å². The quantitative estimate of drug-likeness (QED) is 0.660. The lowest BCUT2D eigenvalue weighted by atomic mass is 10.1. The largest absolute Gasteiger partial charge is 0.382 e. The van der Waals surface area contributed by atoms with Crippen molar-refractivity contribution < 1.29 is 0 Å². The van der Waals surface area contributed by atoms with Crippen LogP contribution in [-0.4, -0.2) is 26.1 Å². The van der Waals surface area contributed by atoms with Crippen molar-refractivity contribution in [2.75, 3.05) is 17.6 Å². The molecule has 0 aliphatic carbocycles. The van der Waals surface area contributed by atoms with Crippen LogP contribution < -0.4 is 11.1 Å². The predicted octanol–water partition coefficient (Wildman–Crippen LogP) is 2.95. The van der Waals surface area contributed by atoms with Crippen molar-refractivity contribution >= 4 is 23.4 Å². The average Bonchev–Trinajstić information content (AvgIpc) is 3.12. The average molecular weight is 354 g/mol. The Hall–Kier alpha value is -3.11. The molecule has 0 bridgehead atoms. The number of nitrogens with two attached hydrogens (primary N) is 1. The highest BCUT2D eigenvalue weighted by Crippen LogP contribution is 2.26. The van der Waals surface area contributed by atoms with E-state index < -0.39 is 0 Å². The molecular formula is C17H16ClN7. The Bertz CT molecular complexity index is 883. The van der Waals surface area contributed by atoms with Gasteiger partial charge in [0.15, 0.2) is 0 Å². The highest BCUT2D eigenvalue weighted by molar-refractivity contribution is 6.30. The third kappa shape index (κ3) is 4.05. The van der Waals surface area contributed by atoms with Gasteiger partial charge in [-0.05, 0) is 18.6 Å². The van der Waals surface area contributed by atoms with Gasteiger partial charge in [-0.15, -0.1) is 0 Å². The Morgan fingerprint density at radius 1 is 1.24 bits per heavy atom. The molecule has 0 unspecified atom stereocenters. The normalized spacial score (nSPS) is 10.4. The Labute approximate surface area is 150 Å². The van der Waals surface area contributed by atoms with E-state index in [-0.39, 0.29) is 11.4 Å². The molecule has 0 radical (unpaired) electrons. The first-order chi connectivity index (χ1) is 12.2. The van der Waals surface area contributed by atoms with Crippen LogP contribution in [0.2, 0.25) is 5.02 Å². The summed E-state index contributed by atoms with van der Waals surface area (Å²) in [7, 11) is 0. The summed E-state index contributed by atoms with van der Waals surface area (Å²) in [6.07, 6.45) is 6.30. The molecule has 0 atom stereocenters. The van der Waals surface area contributed by atoms with Gasteiger partial charge in [0.1, 0.15) is 17.5 Å². The molecule has 8 heteroatoms. The number of aryl methyl sites for hydroxylation is 1. The van der Waals surface area contributed by atoms with E-state index in [1.807, 2.05) is 10.8 Å². The molecule has 0 saturated heterocycles. The molecule has 0 saturated carbocycles. The second-order valence-electron chi connectivity index (χ2n) is 5.36. The van der Waals surface area contributed by atoms with Crippen molar-refractivity contribution in [2.45, 2.75) is 13.0 Å². The predicted molar refractivity (Wildman–Crippen MR) is 96.9 cm³/mol. The van der Waals surface area contributed by atoms with Gasteiger partial charge in [0.05, 0.1) is 12.0 Å². The van der Waals surface area contributed by atoms with Gasteiger partial charge in [-0.2, -0.15) is 10.2 Å². The minimum atomic E-state index is 0.152. The van der Waals surface area contributed by atoms with Crippen molar-refractivity contribution in [1.29, 1.82) is 5.26 Å². The molecule has 0 spiro atoms. The monoisotopic (exact) mass is 353 g/mol. The van der Waals surface area contributed by atoms with Gasteiger partial charge in [-0.1, -0.05) is 23.7 Å². The number of halogens is 1. The fourth-order valence-corrected chi connectivity index (χ4v) is 2.49. The lowest BCUT2D eigenvalue weighted by molar-refractivity contribution is 0.659. The molecule has 2 heterocycles. The van der Waals surface area contributed by atoms with E-state index in [0.717, 1.165) is 18.5 Å². The third-order valence-corrected chi connectivity index (χ3v) is 3.85. The number of nitrogen functional groups attached to an aromatic ring is 1. The van der Waals surface area contributed by atoms with E-state index in [1.165, 1.54) is 0 Å². The molecule has 0 fully saturated rings. The number of aromatic nitrogens is 4. The summed E-state index contributed by atoms with van der Waals surface area (Å²) in [5, 5.41) is 13.1. The van der Waals surface area contributed by atoms with Crippen LogP contribution in [0.5, 0.6) is 0 Å². The molecule has 3 N–H and O–H groups in total. The zero-order valence-electron chi connectivity index (χ0n) is 13.4. The SMILES string of the molecule is N#Cc1c(N)nc(NCCCn2ccnc2)nc1-c1ccc(Cl)cc1. The molecule has 3 rings (SSSR count).